The third-order valence-electron chi connectivity index (χ3n) is 3.18. The number of hydrogen-bond acceptors (Lipinski definition) is 2. The van der Waals surface area contributed by atoms with Gasteiger partial charge in [0.1, 0.15) is 5.76 Å². The number of hydrogen-bond donors (Lipinski definition) is 1. The summed E-state index contributed by atoms with van der Waals surface area (Å²) >= 11 is 0. The zero-order chi connectivity index (χ0) is 8.72. The summed E-state index contributed by atoms with van der Waals surface area (Å²) in [5.74, 6) is 1.15. The molecule has 2 heteroatoms. The number of fused-ring (bicyclic) bond motifs is 2. The van der Waals surface area contributed by atoms with Crippen molar-refractivity contribution >= 4 is 5.78 Å². The van der Waals surface area contributed by atoms with Crippen LogP contribution >= 0.6 is 0 Å². The zero-order valence-electron chi connectivity index (χ0n) is 7.34. The highest BCUT2D eigenvalue weighted by Crippen LogP contribution is 2.44. The lowest BCUT2D eigenvalue weighted by atomic mass is 9.69. The molecule has 0 unspecified atom stereocenters. The maximum atomic E-state index is 11.2. The molecular weight excluding hydrogens is 152 g/mol. The van der Waals surface area contributed by atoms with E-state index in [1.165, 1.54) is 0 Å². The van der Waals surface area contributed by atoms with E-state index in [1.807, 2.05) is 0 Å². The largest absolute Gasteiger partial charge is 0.512 e. The molecule has 0 spiro atoms. The molecule has 1 fully saturated rings. The van der Waals surface area contributed by atoms with Gasteiger partial charge in [-0.15, -0.1) is 0 Å². The fraction of sp³-hybridized carbons (Fsp3) is 0.700. The molecule has 0 aliphatic heterocycles. The number of rotatable bonds is 1. The number of carbonyl (C=O) groups is 1. The van der Waals surface area contributed by atoms with Crippen LogP contribution in [0.5, 0.6) is 0 Å². The van der Waals surface area contributed by atoms with E-state index in [2.05, 4.69) is 0 Å². The second kappa shape index (κ2) is 2.61. The topological polar surface area (TPSA) is 37.3 Å². The van der Waals surface area contributed by atoms with Crippen LogP contribution < -0.4 is 0 Å². The minimum Gasteiger partial charge on any atom is -0.512 e. The average Bonchev–Trinajstić information content (AvgIpc) is 2.05. The van der Waals surface area contributed by atoms with Crippen LogP contribution in [0.4, 0.5) is 0 Å². The molecule has 0 radical (unpaired) electrons. The molecule has 1 N–H and O–H groups in total. The minimum atomic E-state index is 0.0712. The van der Waals surface area contributed by atoms with Gasteiger partial charge in [-0.25, -0.2) is 0 Å². The van der Waals surface area contributed by atoms with Crippen molar-refractivity contribution in [3.8, 4) is 0 Å². The van der Waals surface area contributed by atoms with Crippen LogP contribution in [-0.2, 0) is 4.79 Å². The number of aliphatic hydroxyl groups excluding tert-OH is 1. The second-order valence-corrected chi connectivity index (χ2v) is 3.90. The summed E-state index contributed by atoms with van der Waals surface area (Å²) in [6.45, 7) is 1.56. The number of Topliss-reactive ketones (excluding diaryl/α,β-unsaturated/α-hetero) is 1. The molecule has 0 aromatic carbocycles. The Kier molecular flexibility index (Phi) is 1.71. The first-order chi connectivity index (χ1) is 5.70. The fourth-order valence-electron chi connectivity index (χ4n) is 2.55. The molecular formula is C10H14O2. The van der Waals surface area contributed by atoms with Crippen LogP contribution in [0.25, 0.3) is 0 Å². The van der Waals surface area contributed by atoms with Crippen LogP contribution in [0, 0.1) is 11.8 Å². The maximum Gasteiger partial charge on any atom is 0.159 e. The SMILES string of the molecule is CC(=O)C1=C(O)C2CCC1CC2. The Morgan fingerprint density at radius 2 is 1.75 bits per heavy atom. The van der Waals surface area contributed by atoms with E-state index in [-0.39, 0.29) is 5.78 Å². The van der Waals surface area contributed by atoms with Gasteiger partial charge < -0.3 is 5.11 Å². The number of aliphatic hydroxyl groups is 1. The van der Waals surface area contributed by atoms with Gasteiger partial charge in [0.2, 0.25) is 0 Å². The van der Waals surface area contributed by atoms with Gasteiger partial charge >= 0.3 is 0 Å². The minimum absolute atomic E-state index is 0.0712. The number of carbonyl (C=O) groups excluding carboxylic acids is 1. The Balaban J connectivity index is 2.39. The van der Waals surface area contributed by atoms with Gasteiger partial charge in [0.05, 0.1) is 0 Å². The first kappa shape index (κ1) is 7.84. The smallest absolute Gasteiger partial charge is 0.159 e. The molecule has 3 aliphatic rings. The molecule has 0 aromatic heterocycles. The van der Waals surface area contributed by atoms with Crippen LogP contribution in [0.2, 0.25) is 0 Å². The summed E-state index contributed by atoms with van der Waals surface area (Å²) in [5.41, 5.74) is 0.734. The van der Waals surface area contributed by atoms with Gasteiger partial charge in [0.15, 0.2) is 5.78 Å². The van der Waals surface area contributed by atoms with E-state index in [4.69, 9.17) is 0 Å². The summed E-state index contributed by atoms with van der Waals surface area (Å²) in [6, 6.07) is 0. The lowest BCUT2D eigenvalue weighted by Crippen LogP contribution is -2.29. The van der Waals surface area contributed by atoms with Crippen molar-refractivity contribution in [1.82, 2.24) is 0 Å². The van der Waals surface area contributed by atoms with Gasteiger partial charge in [-0.1, -0.05) is 0 Å². The second-order valence-electron chi connectivity index (χ2n) is 3.90. The number of allylic oxidation sites excluding steroid dienone is 2. The molecule has 0 aromatic rings. The molecule has 66 valence electrons. The Bertz CT molecular complexity index is 245. The van der Waals surface area contributed by atoms with Crippen LogP contribution in [0.1, 0.15) is 32.6 Å². The summed E-state index contributed by atoms with van der Waals surface area (Å²) in [4.78, 5) is 11.2. The lowest BCUT2D eigenvalue weighted by Gasteiger charge is -2.36. The van der Waals surface area contributed by atoms with Crippen molar-refractivity contribution in [3.05, 3.63) is 11.3 Å². The van der Waals surface area contributed by atoms with E-state index < -0.39 is 0 Å². The highest BCUT2D eigenvalue weighted by atomic mass is 16.3. The van der Waals surface area contributed by atoms with Crippen molar-refractivity contribution in [1.29, 1.82) is 0 Å². The maximum absolute atomic E-state index is 11.2. The predicted molar refractivity (Wildman–Crippen MR) is 45.8 cm³/mol. The van der Waals surface area contributed by atoms with Crippen molar-refractivity contribution in [2.75, 3.05) is 0 Å². The summed E-state index contributed by atoms with van der Waals surface area (Å²) < 4.78 is 0. The van der Waals surface area contributed by atoms with Gasteiger partial charge in [0.25, 0.3) is 0 Å². The van der Waals surface area contributed by atoms with Gasteiger partial charge in [0, 0.05) is 11.5 Å². The Morgan fingerprint density at radius 1 is 1.25 bits per heavy atom. The fourth-order valence-corrected chi connectivity index (χ4v) is 2.55. The van der Waals surface area contributed by atoms with E-state index >= 15 is 0 Å². The highest BCUT2D eigenvalue weighted by Gasteiger charge is 2.36. The summed E-state index contributed by atoms with van der Waals surface area (Å²) in [5, 5.41) is 9.69. The van der Waals surface area contributed by atoms with E-state index in [0.29, 0.717) is 17.6 Å². The third kappa shape index (κ3) is 0.977. The molecule has 2 nitrogen and oxygen atoms in total. The van der Waals surface area contributed by atoms with E-state index in [9.17, 15) is 9.90 Å². The quantitative estimate of drug-likeness (QED) is 0.648. The molecule has 0 atom stereocenters. The summed E-state index contributed by atoms with van der Waals surface area (Å²) in [6.07, 6.45) is 4.36. The molecule has 0 amide bonds. The first-order valence-corrected chi connectivity index (χ1v) is 4.64. The van der Waals surface area contributed by atoms with Crippen molar-refractivity contribution in [2.45, 2.75) is 32.6 Å². The third-order valence-corrected chi connectivity index (χ3v) is 3.18. The standard InChI is InChI=1S/C10H14O2/c1-6(11)9-7-2-4-8(5-3-7)10(9)12/h7-8,12H,2-5H2,1H3. The first-order valence-electron chi connectivity index (χ1n) is 4.64. The van der Waals surface area contributed by atoms with E-state index in [1.54, 1.807) is 6.92 Å². The molecule has 12 heavy (non-hydrogen) atoms. The van der Waals surface area contributed by atoms with Crippen molar-refractivity contribution < 1.29 is 9.90 Å². The van der Waals surface area contributed by atoms with Crippen molar-refractivity contribution in [3.63, 3.8) is 0 Å². The van der Waals surface area contributed by atoms with Gasteiger partial charge in [-0.3, -0.25) is 4.79 Å². The molecule has 0 heterocycles. The summed E-state index contributed by atoms with van der Waals surface area (Å²) in [7, 11) is 0. The normalized spacial score (nSPS) is 34.1. The highest BCUT2D eigenvalue weighted by molar-refractivity contribution is 5.94. The van der Waals surface area contributed by atoms with E-state index in [0.717, 1.165) is 31.3 Å². The molecule has 3 rings (SSSR count). The number of ketones is 1. The Morgan fingerprint density at radius 3 is 2.08 bits per heavy atom. The molecule has 1 saturated carbocycles. The Hall–Kier alpha value is -0.790. The molecule has 3 aliphatic carbocycles. The van der Waals surface area contributed by atoms with Gasteiger partial charge in [-0.05, 0) is 38.5 Å². The molecule has 2 bridgehead atoms. The van der Waals surface area contributed by atoms with Crippen LogP contribution in [0.3, 0.4) is 0 Å². The monoisotopic (exact) mass is 166 g/mol. The predicted octanol–water partition coefficient (Wildman–Crippen LogP) is 2.21. The van der Waals surface area contributed by atoms with Crippen molar-refractivity contribution in [2.24, 2.45) is 11.8 Å². The zero-order valence-corrected chi connectivity index (χ0v) is 7.34. The molecule has 0 saturated heterocycles. The van der Waals surface area contributed by atoms with Crippen LogP contribution in [-0.4, -0.2) is 10.9 Å². The Labute approximate surface area is 72.3 Å². The van der Waals surface area contributed by atoms with Gasteiger partial charge in [-0.2, -0.15) is 0 Å². The van der Waals surface area contributed by atoms with Crippen LogP contribution in [0.15, 0.2) is 11.3 Å². The lowest BCUT2D eigenvalue weighted by molar-refractivity contribution is -0.114. The average molecular weight is 166 g/mol.